The number of nitrogens with two attached hydrogens (primary N) is 1. The number of thiazole rings is 1. The Hall–Kier alpha value is -2.40. The van der Waals surface area contributed by atoms with Crippen molar-refractivity contribution in [1.29, 1.82) is 0 Å². The summed E-state index contributed by atoms with van der Waals surface area (Å²) in [6.45, 7) is 0.754. The highest BCUT2D eigenvalue weighted by atomic mass is 32.2. The fraction of sp³-hybridized carbons (Fsp3) is 0.211. The van der Waals surface area contributed by atoms with Crippen LogP contribution in [0.4, 0.5) is 10.8 Å². The van der Waals surface area contributed by atoms with Gasteiger partial charge in [0, 0.05) is 30.4 Å². The van der Waals surface area contributed by atoms with Crippen molar-refractivity contribution in [2.75, 3.05) is 10.0 Å². The zero-order chi connectivity index (χ0) is 19.8. The standard InChI is InChI=1S/C19H18N6OS3/c20-11-5-6-25-13(8-11)10-15(23-25)18(26)22-19-21-14-4-3-12(9-16(14)28-19)24-29-17-2-1-7-27-17/h1-4,7,9-11,24H,5-6,8,20H2,(H,21,22,26). The SMILES string of the molecule is NC1CCn2nc(C(=O)Nc3nc4ccc(NSc5cccs5)cc4s3)cc2C1. The van der Waals surface area contributed by atoms with Crippen LogP contribution in [0.3, 0.4) is 0 Å². The van der Waals surface area contributed by atoms with Gasteiger partial charge in [-0.1, -0.05) is 17.4 Å². The third-order valence-electron chi connectivity index (χ3n) is 4.65. The van der Waals surface area contributed by atoms with Crippen LogP contribution in [0, 0.1) is 0 Å². The van der Waals surface area contributed by atoms with Gasteiger partial charge in [-0.15, -0.1) is 11.3 Å². The molecule has 0 spiro atoms. The molecule has 1 unspecified atom stereocenters. The van der Waals surface area contributed by atoms with Crippen molar-refractivity contribution in [2.45, 2.75) is 29.6 Å². The van der Waals surface area contributed by atoms with Crippen molar-refractivity contribution >= 4 is 61.6 Å². The second-order valence-corrected chi connectivity index (χ2v) is 9.87. The van der Waals surface area contributed by atoms with Crippen LogP contribution in [0.5, 0.6) is 0 Å². The third-order valence-corrected chi connectivity index (χ3v) is 7.46. The Bertz CT molecular complexity index is 1170. The van der Waals surface area contributed by atoms with Crippen LogP contribution in [0.2, 0.25) is 0 Å². The summed E-state index contributed by atoms with van der Waals surface area (Å²) in [6.07, 6.45) is 1.63. The number of thiophene rings is 1. The summed E-state index contributed by atoms with van der Waals surface area (Å²) >= 11 is 4.72. The van der Waals surface area contributed by atoms with Crippen molar-refractivity contribution in [3.05, 3.63) is 53.2 Å². The summed E-state index contributed by atoms with van der Waals surface area (Å²) in [6, 6.07) is 12.0. The second kappa shape index (κ2) is 7.79. The summed E-state index contributed by atoms with van der Waals surface area (Å²) in [5, 5.41) is 9.91. The molecule has 1 atom stereocenters. The van der Waals surface area contributed by atoms with Gasteiger partial charge >= 0.3 is 0 Å². The van der Waals surface area contributed by atoms with Gasteiger partial charge in [0.15, 0.2) is 10.8 Å². The number of nitrogens with one attached hydrogen (secondary N) is 2. The highest BCUT2D eigenvalue weighted by Gasteiger charge is 2.21. The van der Waals surface area contributed by atoms with Crippen LogP contribution in [0.15, 0.2) is 46.0 Å². The molecule has 29 heavy (non-hydrogen) atoms. The van der Waals surface area contributed by atoms with Crippen LogP contribution in [0.1, 0.15) is 22.6 Å². The molecule has 0 saturated heterocycles. The van der Waals surface area contributed by atoms with Crippen molar-refractivity contribution < 1.29 is 4.79 Å². The molecule has 1 aliphatic heterocycles. The molecule has 0 bridgehead atoms. The molecule has 7 nitrogen and oxygen atoms in total. The number of rotatable bonds is 5. The third kappa shape index (κ3) is 4.01. The first-order valence-electron chi connectivity index (χ1n) is 9.15. The Balaban J connectivity index is 1.29. The summed E-state index contributed by atoms with van der Waals surface area (Å²) in [7, 11) is 0. The molecule has 4 aromatic rings. The normalized spacial score (nSPS) is 16.0. The molecule has 0 aliphatic carbocycles. The van der Waals surface area contributed by atoms with E-state index >= 15 is 0 Å². The van der Waals surface area contributed by atoms with E-state index in [-0.39, 0.29) is 11.9 Å². The highest BCUT2D eigenvalue weighted by Crippen LogP contribution is 2.31. The highest BCUT2D eigenvalue weighted by molar-refractivity contribution is 8.02. The number of aryl methyl sites for hydroxylation is 1. The molecular weight excluding hydrogens is 424 g/mol. The lowest BCUT2D eigenvalue weighted by atomic mass is 10.1. The summed E-state index contributed by atoms with van der Waals surface area (Å²) < 4.78 is 7.42. The average molecular weight is 443 g/mol. The molecule has 3 aromatic heterocycles. The predicted molar refractivity (Wildman–Crippen MR) is 120 cm³/mol. The van der Waals surface area contributed by atoms with Gasteiger partial charge in [-0.25, -0.2) is 4.98 Å². The summed E-state index contributed by atoms with van der Waals surface area (Å²) in [5.74, 6) is -0.244. The fourth-order valence-electron chi connectivity index (χ4n) is 3.22. The van der Waals surface area contributed by atoms with Gasteiger partial charge in [0.05, 0.1) is 14.4 Å². The number of hydrogen-bond acceptors (Lipinski definition) is 8. The molecule has 4 heterocycles. The molecule has 0 radical (unpaired) electrons. The molecule has 1 aliphatic rings. The van der Waals surface area contributed by atoms with E-state index in [1.165, 1.54) is 15.5 Å². The number of hydrogen-bond donors (Lipinski definition) is 3. The van der Waals surface area contributed by atoms with E-state index < -0.39 is 0 Å². The van der Waals surface area contributed by atoms with Gasteiger partial charge in [-0.05, 0) is 54.1 Å². The van der Waals surface area contributed by atoms with Crippen LogP contribution in [0.25, 0.3) is 10.2 Å². The van der Waals surface area contributed by atoms with Gasteiger partial charge in [0.25, 0.3) is 5.91 Å². The summed E-state index contributed by atoms with van der Waals surface area (Å²) in [4.78, 5) is 17.1. The number of fused-ring (bicyclic) bond motifs is 2. The van der Waals surface area contributed by atoms with Gasteiger partial charge < -0.3 is 10.5 Å². The second-order valence-electron chi connectivity index (χ2n) is 6.79. The number of anilines is 2. The molecule has 10 heteroatoms. The van der Waals surface area contributed by atoms with Crippen LogP contribution >= 0.6 is 34.6 Å². The molecular formula is C19H18N6OS3. The lowest BCUT2D eigenvalue weighted by Gasteiger charge is -2.18. The van der Waals surface area contributed by atoms with Crippen molar-refractivity contribution in [2.24, 2.45) is 5.73 Å². The van der Waals surface area contributed by atoms with Crippen molar-refractivity contribution in [1.82, 2.24) is 14.8 Å². The number of benzene rings is 1. The van der Waals surface area contributed by atoms with E-state index in [2.05, 4.69) is 31.6 Å². The largest absolute Gasteiger partial charge is 0.327 e. The number of amides is 1. The lowest BCUT2D eigenvalue weighted by molar-refractivity contribution is 0.102. The first kappa shape index (κ1) is 18.6. The predicted octanol–water partition coefficient (Wildman–Crippen LogP) is 4.20. The minimum Gasteiger partial charge on any atom is -0.327 e. The Morgan fingerprint density at radius 1 is 1.31 bits per heavy atom. The molecule has 1 amide bonds. The quantitative estimate of drug-likeness (QED) is 0.401. The Labute approximate surface area is 179 Å². The van der Waals surface area contributed by atoms with E-state index in [0.29, 0.717) is 10.8 Å². The topological polar surface area (TPSA) is 97.9 Å². The maximum Gasteiger partial charge on any atom is 0.277 e. The zero-order valence-corrected chi connectivity index (χ0v) is 17.7. The van der Waals surface area contributed by atoms with Gasteiger partial charge in [-0.2, -0.15) is 5.10 Å². The molecule has 5 rings (SSSR count). The van der Waals surface area contributed by atoms with Gasteiger partial charge in [0.1, 0.15) is 0 Å². The average Bonchev–Trinajstić information content (AvgIpc) is 3.44. The molecule has 0 saturated carbocycles. The number of carbonyl (C=O) groups is 1. The molecule has 1 aromatic carbocycles. The molecule has 4 N–H and O–H groups in total. The van der Waals surface area contributed by atoms with E-state index in [4.69, 9.17) is 5.73 Å². The van der Waals surface area contributed by atoms with Crippen molar-refractivity contribution in [3.8, 4) is 0 Å². The van der Waals surface area contributed by atoms with Crippen LogP contribution in [-0.2, 0) is 13.0 Å². The number of carbonyl (C=O) groups excluding carboxylic acids is 1. The first-order valence-corrected chi connectivity index (χ1v) is 11.7. The minimum absolute atomic E-state index is 0.139. The zero-order valence-electron chi connectivity index (χ0n) is 15.3. The van der Waals surface area contributed by atoms with E-state index in [9.17, 15) is 4.79 Å². The fourth-order valence-corrected chi connectivity index (χ4v) is 5.54. The smallest absolute Gasteiger partial charge is 0.277 e. The lowest BCUT2D eigenvalue weighted by Crippen LogP contribution is -2.30. The van der Waals surface area contributed by atoms with E-state index in [1.807, 2.05) is 35.0 Å². The number of nitrogens with zero attached hydrogens (tertiary/aromatic N) is 3. The Morgan fingerprint density at radius 2 is 2.24 bits per heavy atom. The Kier molecular flexibility index (Phi) is 5.00. The summed E-state index contributed by atoms with van der Waals surface area (Å²) in [5.41, 5.74) is 9.27. The van der Waals surface area contributed by atoms with Gasteiger partial charge in [-0.3, -0.25) is 14.8 Å². The Morgan fingerprint density at radius 3 is 3.10 bits per heavy atom. The van der Waals surface area contributed by atoms with Crippen molar-refractivity contribution in [3.63, 3.8) is 0 Å². The first-order chi connectivity index (χ1) is 14.1. The minimum atomic E-state index is -0.244. The van der Waals surface area contributed by atoms with Crippen LogP contribution < -0.4 is 15.8 Å². The van der Waals surface area contributed by atoms with Crippen LogP contribution in [-0.4, -0.2) is 26.7 Å². The van der Waals surface area contributed by atoms with Gasteiger partial charge in [0.2, 0.25) is 0 Å². The monoisotopic (exact) mass is 442 g/mol. The van der Waals surface area contributed by atoms with E-state index in [1.54, 1.807) is 23.3 Å². The molecule has 0 fully saturated rings. The van der Waals surface area contributed by atoms with E-state index in [0.717, 1.165) is 41.0 Å². The maximum atomic E-state index is 12.6. The molecule has 148 valence electrons. The number of aromatic nitrogens is 3. The maximum absolute atomic E-state index is 12.6.